The number of carbonyl (C=O) groups excluding carboxylic acids is 2. The summed E-state index contributed by atoms with van der Waals surface area (Å²) in [6, 6.07) is 5.44. The molecule has 1 heterocycles. The monoisotopic (exact) mass is 366 g/mol. The van der Waals surface area contributed by atoms with Crippen LogP contribution in [0.5, 0.6) is 0 Å². The number of halogens is 1. The minimum atomic E-state index is -0.453. The van der Waals surface area contributed by atoms with Gasteiger partial charge in [-0.3, -0.25) is 15.0 Å². The zero-order valence-corrected chi connectivity index (χ0v) is 16.1. The predicted molar refractivity (Wildman–Crippen MR) is 101 cm³/mol. The summed E-state index contributed by atoms with van der Waals surface area (Å²) in [5, 5.41) is 5.83. The van der Waals surface area contributed by atoms with Crippen LogP contribution in [0, 0.1) is 6.92 Å². The van der Waals surface area contributed by atoms with E-state index in [0.717, 1.165) is 36.9 Å². The van der Waals surface area contributed by atoms with E-state index in [1.165, 1.54) is 5.56 Å². The molecule has 0 atom stereocenters. The molecule has 1 aliphatic heterocycles. The number of urea groups is 1. The highest BCUT2D eigenvalue weighted by atomic mass is 35.5. The van der Waals surface area contributed by atoms with Crippen molar-refractivity contribution in [3.8, 4) is 0 Å². The molecule has 0 spiro atoms. The van der Waals surface area contributed by atoms with E-state index in [-0.39, 0.29) is 18.0 Å². The zero-order chi connectivity index (χ0) is 18.6. The van der Waals surface area contributed by atoms with Gasteiger partial charge in [0.05, 0.1) is 6.54 Å². The first kappa shape index (κ1) is 19.5. The maximum absolute atomic E-state index is 12.0. The third-order valence-electron chi connectivity index (χ3n) is 3.99. The highest BCUT2D eigenvalue weighted by Crippen LogP contribution is 2.25. The molecular weight excluding hydrogens is 340 g/mol. The van der Waals surface area contributed by atoms with Gasteiger partial charge in [0.1, 0.15) is 0 Å². The van der Waals surface area contributed by atoms with Crippen LogP contribution in [0.1, 0.15) is 26.3 Å². The summed E-state index contributed by atoms with van der Waals surface area (Å²) in [4.78, 5) is 28.1. The molecule has 0 radical (unpaired) electrons. The SMILES string of the molecule is Cc1ccc(Cl)cc1N1CCN(CC(=O)NC(=O)NC(C)(C)C)CC1. The zero-order valence-electron chi connectivity index (χ0n) is 15.4. The molecule has 0 saturated carbocycles. The molecule has 2 rings (SSSR count). The van der Waals surface area contributed by atoms with Gasteiger partial charge in [-0.15, -0.1) is 0 Å². The van der Waals surface area contributed by atoms with E-state index in [1.807, 2.05) is 39.0 Å². The van der Waals surface area contributed by atoms with Crippen molar-refractivity contribution in [3.63, 3.8) is 0 Å². The van der Waals surface area contributed by atoms with Crippen molar-refractivity contribution >= 4 is 29.2 Å². The van der Waals surface area contributed by atoms with Crippen molar-refractivity contribution in [3.05, 3.63) is 28.8 Å². The van der Waals surface area contributed by atoms with Crippen LogP contribution in [0.3, 0.4) is 0 Å². The number of nitrogens with zero attached hydrogens (tertiary/aromatic N) is 2. The van der Waals surface area contributed by atoms with E-state index >= 15 is 0 Å². The largest absolute Gasteiger partial charge is 0.369 e. The lowest BCUT2D eigenvalue weighted by atomic mass is 10.1. The van der Waals surface area contributed by atoms with Gasteiger partial charge >= 0.3 is 6.03 Å². The fourth-order valence-corrected chi connectivity index (χ4v) is 2.98. The van der Waals surface area contributed by atoms with Crippen LogP contribution in [0.4, 0.5) is 10.5 Å². The quantitative estimate of drug-likeness (QED) is 0.862. The van der Waals surface area contributed by atoms with Crippen molar-refractivity contribution in [2.24, 2.45) is 0 Å². The molecule has 7 heteroatoms. The van der Waals surface area contributed by atoms with Crippen LogP contribution in [-0.4, -0.2) is 55.1 Å². The van der Waals surface area contributed by atoms with E-state index in [1.54, 1.807) is 0 Å². The normalized spacial score (nSPS) is 15.8. The molecule has 3 amide bonds. The van der Waals surface area contributed by atoms with Gasteiger partial charge in [0, 0.05) is 42.4 Å². The molecule has 1 aliphatic rings. The Kier molecular flexibility index (Phi) is 6.30. The van der Waals surface area contributed by atoms with Crippen LogP contribution in [0.2, 0.25) is 5.02 Å². The van der Waals surface area contributed by atoms with Gasteiger partial charge in [-0.05, 0) is 45.4 Å². The molecule has 1 aromatic rings. The Labute approximate surface area is 154 Å². The Morgan fingerprint density at radius 2 is 1.80 bits per heavy atom. The van der Waals surface area contributed by atoms with Gasteiger partial charge in [-0.25, -0.2) is 4.79 Å². The van der Waals surface area contributed by atoms with E-state index in [0.29, 0.717) is 0 Å². The maximum Gasteiger partial charge on any atom is 0.321 e. The molecule has 1 fully saturated rings. The molecule has 0 aromatic heterocycles. The van der Waals surface area contributed by atoms with Crippen LogP contribution < -0.4 is 15.5 Å². The number of hydrogen-bond donors (Lipinski definition) is 2. The summed E-state index contributed by atoms with van der Waals surface area (Å²) in [6.45, 7) is 11.1. The number of imide groups is 1. The number of benzene rings is 1. The Balaban J connectivity index is 1.81. The lowest BCUT2D eigenvalue weighted by molar-refractivity contribution is -0.121. The number of piperazine rings is 1. The number of nitrogens with one attached hydrogen (secondary N) is 2. The van der Waals surface area contributed by atoms with Crippen molar-refractivity contribution in [1.82, 2.24) is 15.5 Å². The molecule has 0 bridgehead atoms. The molecule has 0 unspecified atom stereocenters. The third-order valence-corrected chi connectivity index (χ3v) is 4.23. The number of rotatable bonds is 3. The van der Waals surface area contributed by atoms with Crippen molar-refractivity contribution in [2.75, 3.05) is 37.6 Å². The topological polar surface area (TPSA) is 64.7 Å². The molecule has 138 valence electrons. The van der Waals surface area contributed by atoms with Gasteiger partial charge in [0.25, 0.3) is 0 Å². The van der Waals surface area contributed by atoms with Gasteiger partial charge in [-0.2, -0.15) is 0 Å². The Bertz CT molecular complexity index is 634. The maximum atomic E-state index is 12.0. The summed E-state index contributed by atoms with van der Waals surface area (Å²) in [7, 11) is 0. The summed E-state index contributed by atoms with van der Waals surface area (Å²) in [6.07, 6.45) is 0. The second-order valence-electron chi connectivity index (χ2n) is 7.45. The van der Waals surface area contributed by atoms with Crippen molar-refractivity contribution in [2.45, 2.75) is 33.2 Å². The molecule has 0 aliphatic carbocycles. The highest BCUT2D eigenvalue weighted by molar-refractivity contribution is 6.30. The molecule has 1 aromatic carbocycles. The predicted octanol–water partition coefficient (Wildman–Crippen LogP) is 2.39. The van der Waals surface area contributed by atoms with Gasteiger partial charge in [-0.1, -0.05) is 17.7 Å². The summed E-state index contributed by atoms with van der Waals surface area (Å²) in [5.74, 6) is -0.283. The fraction of sp³-hybridized carbons (Fsp3) is 0.556. The second-order valence-corrected chi connectivity index (χ2v) is 7.88. The number of amides is 3. The van der Waals surface area contributed by atoms with Crippen molar-refractivity contribution < 1.29 is 9.59 Å². The molecule has 6 nitrogen and oxygen atoms in total. The number of carbonyl (C=O) groups is 2. The van der Waals surface area contributed by atoms with Crippen LogP contribution >= 0.6 is 11.6 Å². The average Bonchev–Trinajstić information content (AvgIpc) is 2.48. The molecule has 25 heavy (non-hydrogen) atoms. The first-order valence-electron chi connectivity index (χ1n) is 8.49. The number of anilines is 1. The minimum absolute atomic E-state index is 0.222. The summed E-state index contributed by atoms with van der Waals surface area (Å²) in [5.41, 5.74) is 1.96. The first-order chi connectivity index (χ1) is 11.6. The first-order valence-corrected chi connectivity index (χ1v) is 8.87. The van der Waals surface area contributed by atoms with E-state index in [4.69, 9.17) is 11.6 Å². The highest BCUT2D eigenvalue weighted by Gasteiger charge is 2.22. The molecular formula is C18H27ClN4O2. The Morgan fingerprint density at radius 3 is 2.40 bits per heavy atom. The third kappa shape index (κ3) is 6.21. The number of aryl methyl sites for hydroxylation is 1. The van der Waals surface area contributed by atoms with Crippen molar-refractivity contribution in [1.29, 1.82) is 0 Å². The minimum Gasteiger partial charge on any atom is -0.369 e. The van der Waals surface area contributed by atoms with Crippen LogP contribution in [-0.2, 0) is 4.79 Å². The summed E-state index contributed by atoms with van der Waals surface area (Å²) < 4.78 is 0. The smallest absolute Gasteiger partial charge is 0.321 e. The Morgan fingerprint density at radius 1 is 1.16 bits per heavy atom. The fourth-order valence-electron chi connectivity index (χ4n) is 2.81. The Hall–Kier alpha value is -1.79. The molecule has 1 saturated heterocycles. The lowest BCUT2D eigenvalue weighted by Crippen LogP contribution is -2.53. The standard InChI is InChI=1S/C18H27ClN4O2/c1-13-5-6-14(19)11-15(13)23-9-7-22(8-10-23)12-16(24)20-17(25)21-18(2,3)4/h5-6,11H,7-10,12H2,1-4H3,(H2,20,21,24,25). The van der Waals surface area contributed by atoms with Crippen LogP contribution in [0.25, 0.3) is 0 Å². The summed E-state index contributed by atoms with van der Waals surface area (Å²) >= 11 is 6.10. The van der Waals surface area contributed by atoms with E-state index in [9.17, 15) is 9.59 Å². The lowest BCUT2D eigenvalue weighted by Gasteiger charge is -2.36. The molecule has 2 N–H and O–H groups in total. The van der Waals surface area contributed by atoms with Crippen LogP contribution in [0.15, 0.2) is 18.2 Å². The second kappa shape index (κ2) is 8.06. The van der Waals surface area contributed by atoms with E-state index in [2.05, 4.69) is 27.4 Å². The average molecular weight is 367 g/mol. The van der Waals surface area contributed by atoms with Gasteiger partial charge in [0.15, 0.2) is 0 Å². The number of hydrogen-bond acceptors (Lipinski definition) is 4. The van der Waals surface area contributed by atoms with Gasteiger partial charge in [0.2, 0.25) is 5.91 Å². The van der Waals surface area contributed by atoms with Gasteiger partial charge < -0.3 is 10.2 Å². The van der Waals surface area contributed by atoms with E-state index < -0.39 is 6.03 Å².